The third-order valence-corrected chi connectivity index (χ3v) is 3.10. The zero-order chi connectivity index (χ0) is 10.5. The molecule has 2 nitrogen and oxygen atoms in total. The SMILES string of the molecule is Oc1cccc(CC[C@@H]2CCCCN2)c1. The van der Waals surface area contributed by atoms with E-state index in [-0.39, 0.29) is 0 Å². The molecule has 1 aromatic carbocycles. The molecule has 1 atom stereocenters. The maximum Gasteiger partial charge on any atom is 0.115 e. The van der Waals surface area contributed by atoms with Crippen molar-refractivity contribution in [1.29, 1.82) is 0 Å². The van der Waals surface area contributed by atoms with Crippen LogP contribution in [0.15, 0.2) is 24.3 Å². The van der Waals surface area contributed by atoms with Gasteiger partial charge in [-0.05, 0) is 49.9 Å². The average molecular weight is 205 g/mol. The molecule has 0 unspecified atom stereocenters. The fourth-order valence-corrected chi connectivity index (χ4v) is 2.22. The van der Waals surface area contributed by atoms with Crippen LogP contribution >= 0.6 is 0 Å². The summed E-state index contributed by atoms with van der Waals surface area (Å²) in [6.45, 7) is 1.17. The summed E-state index contributed by atoms with van der Waals surface area (Å²) in [7, 11) is 0. The van der Waals surface area contributed by atoms with Gasteiger partial charge in [0.2, 0.25) is 0 Å². The number of hydrogen-bond donors (Lipinski definition) is 2. The molecule has 0 radical (unpaired) electrons. The lowest BCUT2D eigenvalue weighted by Crippen LogP contribution is -2.34. The van der Waals surface area contributed by atoms with Crippen LogP contribution in [-0.4, -0.2) is 17.7 Å². The van der Waals surface area contributed by atoms with Gasteiger partial charge in [0, 0.05) is 6.04 Å². The van der Waals surface area contributed by atoms with Crippen LogP contribution in [0.3, 0.4) is 0 Å². The van der Waals surface area contributed by atoms with Crippen LogP contribution in [0.2, 0.25) is 0 Å². The van der Waals surface area contributed by atoms with Gasteiger partial charge >= 0.3 is 0 Å². The van der Waals surface area contributed by atoms with E-state index in [0.717, 1.165) is 6.42 Å². The highest BCUT2D eigenvalue weighted by atomic mass is 16.3. The second-order valence-electron chi connectivity index (χ2n) is 4.36. The smallest absolute Gasteiger partial charge is 0.115 e. The minimum atomic E-state index is 0.379. The highest BCUT2D eigenvalue weighted by molar-refractivity contribution is 5.27. The Morgan fingerprint density at radius 2 is 2.27 bits per heavy atom. The van der Waals surface area contributed by atoms with Crippen LogP contribution in [0.4, 0.5) is 0 Å². The molecular weight excluding hydrogens is 186 g/mol. The standard InChI is InChI=1S/C13H19NO/c15-13-6-3-4-11(10-13)7-8-12-5-1-2-9-14-12/h3-4,6,10,12,14-15H,1-2,5,7-9H2/t12-/m0/s1. The molecule has 82 valence electrons. The molecule has 1 fully saturated rings. The molecule has 2 N–H and O–H groups in total. The summed E-state index contributed by atoms with van der Waals surface area (Å²) >= 11 is 0. The minimum Gasteiger partial charge on any atom is -0.508 e. The van der Waals surface area contributed by atoms with Crippen molar-refractivity contribution >= 4 is 0 Å². The lowest BCUT2D eigenvalue weighted by Gasteiger charge is -2.23. The van der Waals surface area contributed by atoms with E-state index in [4.69, 9.17) is 0 Å². The van der Waals surface area contributed by atoms with E-state index in [0.29, 0.717) is 11.8 Å². The summed E-state index contributed by atoms with van der Waals surface area (Å²) in [4.78, 5) is 0. The molecule has 1 heterocycles. The molecule has 0 saturated carbocycles. The molecule has 2 rings (SSSR count). The van der Waals surface area contributed by atoms with Crippen LogP contribution in [0.25, 0.3) is 0 Å². The summed E-state index contributed by atoms with van der Waals surface area (Å²) in [6.07, 6.45) is 6.23. The highest BCUT2D eigenvalue weighted by Gasteiger charge is 2.11. The van der Waals surface area contributed by atoms with Crippen LogP contribution in [-0.2, 0) is 6.42 Å². The van der Waals surface area contributed by atoms with Crippen molar-refractivity contribution in [1.82, 2.24) is 5.32 Å². The van der Waals surface area contributed by atoms with Gasteiger partial charge in [-0.25, -0.2) is 0 Å². The fourth-order valence-electron chi connectivity index (χ4n) is 2.22. The van der Waals surface area contributed by atoms with Gasteiger partial charge in [-0.15, -0.1) is 0 Å². The van der Waals surface area contributed by atoms with Crippen molar-refractivity contribution < 1.29 is 5.11 Å². The summed E-state index contributed by atoms with van der Waals surface area (Å²) < 4.78 is 0. The van der Waals surface area contributed by atoms with Crippen molar-refractivity contribution in [3.63, 3.8) is 0 Å². The van der Waals surface area contributed by atoms with E-state index < -0.39 is 0 Å². The van der Waals surface area contributed by atoms with Crippen LogP contribution in [0, 0.1) is 0 Å². The van der Waals surface area contributed by atoms with E-state index in [1.165, 1.54) is 37.8 Å². The maximum atomic E-state index is 9.33. The number of aromatic hydroxyl groups is 1. The molecular formula is C13H19NO. The van der Waals surface area contributed by atoms with Crippen LogP contribution in [0.5, 0.6) is 5.75 Å². The molecule has 1 aliphatic rings. The number of phenols is 1. The Morgan fingerprint density at radius 1 is 1.33 bits per heavy atom. The van der Waals surface area contributed by atoms with Crippen molar-refractivity contribution in [3.8, 4) is 5.75 Å². The summed E-state index contributed by atoms with van der Waals surface area (Å²) in [5, 5.41) is 12.9. The molecule has 0 amide bonds. The van der Waals surface area contributed by atoms with Gasteiger partial charge in [-0.1, -0.05) is 18.6 Å². The van der Waals surface area contributed by atoms with Crippen LogP contribution < -0.4 is 5.32 Å². The number of phenolic OH excluding ortho intramolecular Hbond substituents is 1. The van der Waals surface area contributed by atoms with E-state index >= 15 is 0 Å². The zero-order valence-corrected chi connectivity index (χ0v) is 9.08. The van der Waals surface area contributed by atoms with Gasteiger partial charge in [0.25, 0.3) is 0 Å². The summed E-state index contributed by atoms with van der Waals surface area (Å²) in [6, 6.07) is 8.27. The molecule has 0 spiro atoms. The topological polar surface area (TPSA) is 32.3 Å². The van der Waals surface area contributed by atoms with E-state index in [1.807, 2.05) is 12.1 Å². The van der Waals surface area contributed by atoms with Crippen molar-refractivity contribution in [3.05, 3.63) is 29.8 Å². The second kappa shape index (κ2) is 5.17. The summed E-state index contributed by atoms with van der Waals surface area (Å²) in [5.41, 5.74) is 1.24. The van der Waals surface area contributed by atoms with Crippen LogP contribution in [0.1, 0.15) is 31.2 Å². The molecule has 1 saturated heterocycles. The number of aryl methyl sites for hydroxylation is 1. The number of piperidine rings is 1. The Bertz CT molecular complexity index is 305. The maximum absolute atomic E-state index is 9.33. The monoisotopic (exact) mass is 205 g/mol. The quantitative estimate of drug-likeness (QED) is 0.794. The molecule has 2 heteroatoms. The summed E-state index contributed by atoms with van der Waals surface area (Å²) in [5.74, 6) is 0.379. The Balaban J connectivity index is 1.81. The number of benzene rings is 1. The molecule has 0 aliphatic carbocycles. The third-order valence-electron chi connectivity index (χ3n) is 3.10. The van der Waals surface area contributed by atoms with Gasteiger partial charge in [-0.3, -0.25) is 0 Å². The Hall–Kier alpha value is -1.02. The fraction of sp³-hybridized carbons (Fsp3) is 0.538. The predicted octanol–water partition coefficient (Wildman–Crippen LogP) is 2.47. The molecule has 0 aromatic heterocycles. The molecule has 0 bridgehead atoms. The first-order valence-electron chi connectivity index (χ1n) is 5.86. The van der Waals surface area contributed by atoms with E-state index in [9.17, 15) is 5.11 Å². The number of rotatable bonds is 3. The van der Waals surface area contributed by atoms with Crippen molar-refractivity contribution in [2.45, 2.75) is 38.1 Å². The molecule has 1 aromatic rings. The first kappa shape index (κ1) is 10.5. The zero-order valence-electron chi connectivity index (χ0n) is 9.08. The van der Waals surface area contributed by atoms with Gasteiger partial charge < -0.3 is 10.4 Å². The number of nitrogens with one attached hydrogen (secondary N) is 1. The predicted molar refractivity (Wildman–Crippen MR) is 62.1 cm³/mol. The minimum absolute atomic E-state index is 0.379. The first-order valence-corrected chi connectivity index (χ1v) is 5.86. The van der Waals surface area contributed by atoms with Gasteiger partial charge in [0.1, 0.15) is 5.75 Å². The lowest BCUT2D eigenvalue weighted by molar-refractivity contribution is 0.382. The largest absolute Gasteiger partial charge is 0.508 e. The Kier molecular flexibility index (Phi) is 3.62. The average Bonchev–Trinajstić information content (AvgIpc) is 2.28. The van der Waals surface area contributed by atoms with Crippen molar-refractivity contribution in [2.75, 3.05) is 6.54 Å². The Morgan fingerprint density at radius 3 is 3.00 bits per heavy atom. The van der Waals surface area contributed by atoms with E-state index in [2.05, 4.69) is 11.4 Å². The van der Waals surface area contributed by atoms with Crippen molar-refractivity contribution in [2.24, 2.45) is 0 Å². The van der Waals surface area contributed by atoms with E-state index in [1.54, 1.807) is 6.07 Å². The van der Waals surface area contributed by atoms with Gasteiger partial charge in [0.15, 0.2) is 0 Å². The third kappa shape index (κ3) is 3.24. The number of hydrogen-bond acceptors (Lipinski definition) is 2. The first-order chi connectivity index (χ1) is 7.34. The molecule has 15 heavy (non-hydrogen) atoms. The highest BCUT2D eigenvalue weighted by Crippen LogP contribution is 2.16. The Labute approximate surface area is 91.3 Å². The van der Waals surface area contributed by atoms with Gasteiger partial charge in [-0.2, -0.15) is 0 Å². The molecule has 1 aliphatic heterocycles. The van der Waals surface area contributed by atoms with Gasteiger partial charge in [0.05, 0.1) is 0 Å². The normalized spacial score (nSPS) is 21.5. The lowest BCUT2D eigenvalue weighted by atomic mass is 9.98. The second-order valence-corrected chi connectivity index (χ2v) is 4.36.